The maximum Gasteiger partial charge on any atom is 0.289 e. The summed E-state index contributed by atoms with van der Waals surface area (Å²) in [5.74, 6) is 1.07. The van der Waals surface area contributed by atoms with Crippen LogP contribution in [0.25, 0.3) is 21.0 Å². The van der Waals surface area contributed by atoms with Crippen LogP contribution in [-0.2, 0) is 0 Å². The van der Waals surface area contributed by atoms with Crippen LogP contribution in [0.2, 0.25) is 0 Å². The van der Waals surface area contributed by atoms with Crippen molar-refractivity contribution in [1.29, 1.82) is 0 Å². The number of rotatable bonds is 2. The normalized spacial score (nSPS) is 15.4. The Hall–Kier alpha value is -2.14. The summed E-state index contributed by atoms with van der Waals surface area (Å²) < 4.78 is 6.89. The highest BCUT2D eigenvalue weighted by molar-refractivity contribution is 7.21. The number of hydrogen-bond donors (Lipinski definition) is 0. The van der Waals surface area contributed by atoms with Crippen LogP contribution in [-0.4, -0.2) is 28.9 Å². The molecule has 4 rings (SSSR count). The molecule has 0 atom stereocenters. The van der Waals surface area contributed by atoms with Gasteiger partial charge in [-0.25, -0.2) is 4.98 Å². The van der Waals surface area contributed by atoms with E-state index in [2.05, 4.69) is 4.98 Å². The molecule has 1 aliphatic rings. The smallest absolute Gasteiger partial charge is 0.289 e. The van der Waals surface area contributed by atoms with Crippen LogP contribution in [0.15, 0.2) is 40.8 Å². The van der Waals surface area contributed by atoms with Crippen molar-refractivity contribution in [3.8, 4) is 10.8 Å². The average Bonchev–Trinajstić information content (AvgIpc) is 3.21. The fraction of sp³-hybridized carbons (Fsp3) is 0.294. The van der Waals surface area contributed by atoms with Gasteiger partial charge in [-0.3, -0.25) is 4.79 Å². The summed E-state index contributed by atoms with van der Waals surface area (Å²) in [6.45, 7) is 1.66. The van der Waals surface area contributed by atoms with Gasteiger partial charge in [0.2, 0.25) is 0 Å². The van der Waals surface area contributed by atoms with E-state index >= 15 is 0 Å². The molecule has 0 unspecified atom stereocenters. The topological polar surface area (TPSA) is 46.3 Å². The second-order valence-corrected chi connectivity index (χ2v) is 6.53. The lowest BCUT2D eigenvalue weighted by Gasteiger charge is -2.25. The summed E-state index contributed by atoms with van der Waals surface area (Å²) in [5, 5.41) is 0.818. The highest BCUT2D eigenvalue weighted by Crippen LogP contribution is 2.31. The molecule has 1 fully saturated rings. The number of aromatic nitrogens is 1. The van der Waals surface area contributed by atoms with Crippen molar-refractivity contribution in [2.24, 2.45) is 0 Å². The minimum atomic E-state index is -0.00735. The fourth-order valence-corrected chi connectivity index (χ4v) is 3.73. The van der Waals surface area contributed by atoms with Gasteiger partial charge in [0.05, 0.1) is 10.2 Å². The maximum absolute atomic E-state index is 12.4. The number of hydrogen-bond acceptors (Lipinski definition) is 4. The van der Waals surface area contributed by atoms with Gasteiger partial charge < -0.3 is 9.32 Å². The van der Waals surface area contributed by atoms with E-state index in [-0.39, 0.29) is 5.91 Å². The van der Waals surface area contributed by atoms with Gasteiger partial charge in [0.15, 0.2) is 16.5 Å². The summed E-state index contributed by atoms with van der Waals surface area (Å²) >= 11 is 1.58. The third-order valence-corrected chi connectivity index (χ3v) is 5.02. The second kappa shape index (κ2) is 5.57. The number of benzene rings is 1. The first-order valence-corrected chi connectivity index (χ1v) is 8.38. The third kappa shape index (κ3) is 2.41. The van der Waals surface area contributed by atoms with Crippen LogP contribution in [0.3, 0.4) is 0 Å². The van der Waals surface area contributed by atoms with Crippen molar-refractivity contribution in [2.45, 2.75) is 19.3 Å². The van der Waals surface area contributed by atoms with E-state index in [0.29, 0.717) is 11.5 Å². The number of furan rings is 1. The Morgan fingerprint density at radius 1 is 1.09 bits per heavy atom. The Morgan fingerprint density at radius 3 is 2.73 bits per heavy atom. The molecule has 0 aliphatic carbocycles. The van der Waals surface area contributed by atoms with E-state index in [9.17, 15) is 4.79 Å². The largest absolute Gasteiger partial charge is 0.448 e. The number of piperidine rings is 1. The molecule has 2 aromatic heterocycles. The van der Waals surface area contributed by atoms with Gasteiger partial charge in [-0.1, -0.05) is 12.1 Å². The monoisotopic (exact) mass is 312 g/mol. The third-order valence-electron chi connectivity index (χ3n) is 3.96. The Labute approximate surface area is 132 Å². The lowest BCUT2D eigenvalue weighted by atomic mass is 10.1. The number of carbonyl (C=O) groups excluding carboxylic acids is 1. The molecule has 1 aliphatic heterocycles. The molecule has 5 heteroatoms. The minimum Gasteiger partial charge on any atom is -0.448 e. The molecule has 1 amide bonds. The second-order valence-electron chi connectivity index (χ2n) is 5.50. The number of fused-ring (bicyclic) bond motifs is 1. The molecule has 4 nitrogen and oxygen atoms in total. The van der Waals surface area contributed by atoms with Gasteiger partial charge in [0.1, 0.15) is 0 Å². The van der Waals surface area contributed by atoms with E-state index in [1.165, 1.54) is 6.42 Å². The van der Waals surface area contributed by atoms with Crippen molar-refractivity contribution in [2.75, 3.05) is 13.1 Å². The molecule has 0 radical (unpaired) electrons. The van der Waals surface area contributed by atoms with Crippen molar-refractivity contribution in [3.05, 3.63) is 42.2 Å². The van der Waals surface area contributed by atoms with Gasteiger partial charge >= 0.3 is 0 Å². The van der Waals surface area contributed by atoms with Crippen LogP contribution in [0, 0.1) is 0 Å². The molecular formula is C17H16N2O2S. The van der Waals surface area contributed by atoms with E-state index in [0.717, 1.165) is 41.2 Å². The van der Waals surface area contributed by atoms with Crippen molar-refractivity contribution in [1.82, 2.24) is 9.88 Å². The predicted molar refractivity (Wildman–Crippen MR) is 87.1 cm³/mol. The van der Waals surface area contributed by atoms with Crippen molar-refractivity contribution in [3.63, 3.8) is 0 Å². The first kappa shape index (κ1) is 13.5. The molecule has 3 heterocycles. The number of likely N-dealkylation sites (tertiary alicyclic amines) is 1. The fourth-order valence-electron chi connectivity index (χ4n) is 2.80. The van der Waals surface area contributed by atoms with Crippen LogP contribution < -0.4 is 0 Å². The van der Waals surface area contributed by atoms with Gasteiger partial charge in [-0.15, -0.1) is 11.3 Å². The van der Waals surface area contributed by atoms with Crippen molar-refractivity contribution >= 4 is 27.5 Å². The van der Waals surface area contributed by atoms with Gasteiger partial charge in [-0.05, 0) is 43.5 Å². The lowest BCUT2D eigenvalue weighted by Crippen LogP contribution is -2.35. The summed E-state index contributed by atoms with van der Waals surface area (Å²) in [4.78, 5) is 18.9. The zero-order valence-corrected chi connectivity index (χ0v) is 12.9. The average molecular weight is 312 g/mol. The summed E-state index contributed by atoms with van der Waals surface area (Å²) in [5.41, 5.74) is 0.961. The van der Waals surface area contributed by atoms with Gasteiger partial charge in [0, 0.05) is 13.1 Å². The Balaban J connectivity index is 1.61. The highest BCUT2D eigenvalue weighted by atomic mass is 32.1. The van der Waals surface area contributed by atoms with Crippen LogP contribution in [0.4, 0.5) is 0 Å². The number of carbonyl (C=O) groups is 1. The van der Waals surface area contributed by atoms with Gasteiger partial charge in [-0.2, -0.15) is 0 Å². The number of thiazole rings is 1. The quantitative estimate of drug-likeness (QED) is 0.713. The molecule has 0 spiro atoms. The molecule has 0 N–H and O–H groups in total. The van der Waals surface area contributed by atoms with E-state index in [1.807, 2.05) is 35.2 Å². The van der Waals surface area contributed by atoms with E-state index in [1.54, 1.807) is 17.4 Å². The molecule has 0 saturated carbocycles. The van der Waals surface area contributed by atoms with Crippen LogP contribution in [0.5, 0.6) is 0 Å². The van der Waals surface area contributed by atoms with Gasteiger partial charge in [0.25, 0.3) is 5.91 Å². The molecule has 112 valence electrons. The Kier molecular flexibility index (Phi) is 3.42. The number of nitrogens with zero attached hydrogens (tertiary/aromatic N) is 2. The summed E-state index contributed by atoms with van der Waals surface area (Å²) in [6.07, 6.45) is 3.37. The molecule has 1 aromatic carbocycles. The highest BCUT2D eigenvalue weighted by Gasteiger charge is 2.22. The molecule has 1 saturated heterocycles. The first-order chi connectivity index (χ1) is 10.8. The minimum absolute atomic E-state index is 0.00735. The maximum atomic E-state index is 12.4. The lowest BCUT2D eigenvalue weighted by molar-refractivity contribution is 0.0693. The zero-order valence-electron chi connectivity index (χ0n) is 12.1. The SMILES string of the molecule is O=C(c1ccc(-c2nc3ccccc3s2)o1)N1CCCCC1. The first-order valence-electron chi connectivity index (χ1n) is 7.56. The molecule has 0 bridgehead atoms. The Morgan fingerprint density at radius 2 is 1.91 bits per heavy atom. The van der Waals surface area contributed by atoms with Crippen molar-refractivity contribution < 1.29 is 9.21 Å². The molecule has 3 aromatic rings. The summed E-state index contributed by atoms with van der Waals surface area (Å²) in [6, 6.07) is 11.6. The zero-order chi connectivity index (χ0) is 14.9. The van der Waals surface area contributed by atoms with E-state index < -0.39 is 0 Å². The number of para-hydroxylation sites is 1. The standard InChI is InChI=1S/C17H16N2O2S/c20-17(19-10-4-1-5-11-19)14-9-8-13(21-14)16-18-12-6-2-3-7-15(12)22-16/h2-3,6-9H,1,4-5,10-11H2. The summed E-state index contributed by atoms with van der Waals surface area (Å²) in [7, 11) is 0. The molecule has 22 heavy (non-hydrogen) atoms. The van der Waals surface area contributed by atoms with E-state index in [4.69, 9.17) is 4.42 Å². The number of amides is 1. The molecular weight excluding hydrogens is 296 g/mol. The Bertz CT molecular complexity index is 782. The van der Waals surface area contributed by atoms with Crippen LogP contribution >= 0.6 is 11.3 Å². The predicted octanol–water partition coefficient (Wildman–Crippen LogP) is 4.18. The van der Waals surface area contributed by atoms with Crippen LogP contribution in [0.1, 0.15) is 29.8 Å².